The van der Waals surface area contributed by atoms with Crippen LogP contribution in [0.1, 0.15) is 27.9 Å². The zero-order valence-electron chi connectivity index (χ0n) is 13.2. The van der Waals surface area contributed by atoms with Crippen molar-refractivity contribution in [1.29, 1.82) is 0 Å². The molecule has 8 heteroatoms. The normalized spacial score (nSPS) is 11.8. The molecule has 0 saturated carbocycles. The highest BCUT2D eigenvalue weighted by atomic mass is 19.2. The molecule has 0 bridgehead atoms. The lowest BCUT2D eigenvalue weighted by Gasteiger charge is -2.18. The van der Waals surface area contributed by atoms with E-state index in [0.717, 1.165) is 5.56 Å². The Morgan fingerprint density at radius 3 is 2.44 bits per heavy atom. The number of halogens is 3. The van der Waals surface area contributed by atoms with Crippen molar-refractivity contribution in [2.45, 2.75) is 25.8 Å². The van der Waals surface area contributed by atoms with Crippen molar-refractivity contribution in [3.8, 4) is 0 Å². The molecule has 0 aliphatic heterocycles. The third-order valence-corrected chi connectivity index (χ3v) is 3.45. The first kappa shape index (κ1) is 18.4. The summed E-state index contributed by atoms with van der Waals surface area (Å²) in [6.07, 6.45) is 2.03. The van der Waals surface area contributed by atoms with Gasteiger partial charge in [-0.25, -0.2) is 13.2 Å². The molecule has 1 aromatic heterocycles. The van der Waals surface area contributed by atoms with Gasteiger partial charge in [0.1, 0.15) is 5.82 Å². The molecule has 132 valence electrons. The van der Waals surface area contributed by atoms with Crippen molar-refractivity contribution in [3.05, 3.63) is 64.7 Å². The average Bonchev–Trinajstić information content (AvgIpc) is 2.52. The highest BCUT2D eigenvalue weighted by Crippen LogP contribution is 2.16. The Hall–Kier alpha value is -2.90. The van der Waals surface area contributed by atoms with Gasteiger partial charge in [0, 0.05) is 24.5 Å². The summed E-state index contributed by atoms with van der Waals surface area (Å²) in [7, 11) is 0. The van der Waals surface area contributed by atoms with Gasteiger partial charge >= 0.3 is 5.97 Å². The number of nitrogens with one attached hydrogen (secondary N) is 1. The quantitative estimate of drug-likeness (QED) is 0.784. The van der Waals surface area contributed by atoms with Crippen molar-refractivity contribution in [3.63, 3.8) is 0 Å². The van der Waals surface area contributed by atoms with Gasteiger partial charge in [0.25, 0.3) is 5.91 Å². The topological polar surface area (TPSA) is 79.3 Å². The maximum atomic E-state index is 13.8. The smallest absolute Gasteiger partial charge is 0.305 e. The van der Waals surface area contributed by atoms with Crippen molar-refractivity contribution < 1.29 is 27.9 Å². The molecule has 0 fully saturated rings. The predicted molar refractivity (Wildman–Crippen MR) is 82.5 cm³/mol. The Kier molecular flexibility index (Phi) is 5.74. The minimum absolute atomic E-state index is 0.209. The summed E-state index contributed by atoms with van der Waals surface area (Å²) in [5.74, 6) is -5.42. The first-order valence-corrected chi connectivity index (χ1v) is 7.34. The minimum Gasteiger partial charge on any atom is -0.481 e. The standard InChI is InChI=1S/C17H15F3N2O3/c1-9-2-11(8-21-7-9)17(25)22-12(5-16(23)24)3-10-4-14(19)15(20)6-13(10)18/h2,4,6-8,12H,3,5H2,1H3,(H,22,25)(H,23,24). The number of carbonyl (C=O) groups is 2. The van der Waals surface area contributed by atoms with Gasteiger partial charge in [-0.3, -0.25) is 14.6 Å². The van der Waals surface area contributed by atoms with Crippen LogP contribution in [0.25, 0.3) is 0 Å². The van der Waals surface area contributed by atoms with Crippen LogP contribution in [-0.2, 0) is 11.2 Å². The number of carbonyl (C=O) groups excluding carboxylic acids is 1. The van der Waals surface area contributed by atoms with Gasteiger partial charge in [-0.05, 0) is 36.6 Å². The molecule has 2 rings (SSSR count). The first-order chi connectivity index (χ1) is 11.8. The van der Waals surface area contributed by atoms with Crippen LogP contribution in [0.4, 0.5) is 13.2 Å². The third-order valence-electron chi connectivity index (χ3n) is 3.45. The van der Waals surface area contributed by atoms with Crippen LogP contribution < -0.4 is 5.32 Å². The monoisotopic (exact) mass is 352 g/mol. The van der Waals surface area contributed by atoms with Gasteiger partial charge in [0.05, 0.1) is 12.0 Å². The van der Waals surface area contributed by atoms with Crippen molar-refractivity contribution in [1.82, 2.24) is 10.3 Å². The Labute approximate surface area is 141 Å². The second-order valence-corrected chi connectivity index (χ2v) is 5.58. The number of carboxylic acid groups (broad SMARTS) is 1. The summed E-state index contributed by atoms with van der Waals surface area (Å²) in [6.45, 7) is 1.73. The zero-order chi connectivity index (χ0) is 18.6. The molecule has 25 heavy (non-hydrogen) atoms. The first-order valence-electron chi connectivity index (χ1n) is 7.34. The molecule has 1 heterocycles. The molecule has 1 amide bonds. The van der Waals surface area contributed by atoms with E-state index in [1.165, 1.54) is 6.20 Å². The second kappa shape index (κ2) is 7.78. The molecule has 2 aromatic rings. The molecule has 0 saturated heterocycles. The zero-order valence-corrected chi connectivity index (χ0v) is 13.2. The fourth-order valence-electron chi connectivity index (χ4n) is 2.32. The molecule has 0 radical (unpaired) electrons. The number of nitrogens with zero attached hydrogens (tertiary/aromatic N) is 1. The molecule has 1 aromatic carbocycles. The lowest BCUT2D eigenvalue weighted by Crippen LogP contribution is -2.38. The van der Waals surface area contributed by atoms with E-state index in [4.69, 9.17) is 5.11 Å². The Balaban J connectivity index is 2.20. The van der Waals surface area contributed by atoms with Gasteiger partial charge < -0.3 is 10.4 Å². The molecule has 1 unspecified atom stereocenters. The number of aryl methyl sites for hydroxylation is 1. The molecule has 0 spiro atoms. The number of aromatic nitrogens is 1. The number of pyridine rings is 1. The van der Waals surface area contributed by atoms with E-state index in [-0.39, 0.29) is 17.5 Å². The molecule has 2 N–H and O–H groups in total. The predicted octanol–water partition coefficient (Wildman–Crippen LogP) is 2.62. The Bertz CT molecular complexity index is 812. The van der Waals surface area contributed by atoms with Crippen molar-refractivity contribution >= 4 is 11.9 Å². The highest BCUT2D eigenvalue weighted by molar-refractivity contribution is 5.94. The van der Waals surface area contributed by atoms with Crippen LogP contribution in [0, 0.1) is 24.4 Å². The van der Waals surface area contributed by atoms with Gasteiger partial charge in [0.2, 0.25) is 0 Å². The van der Waals surface area contributed by atoms with E-state index in [0.29, 0.717) is 12.1 Å². The number of benzene rings is 1. The van der Waals surface area contributed by atoms with Gasteiger partial charge in [-0.2, -0.15) is 0 Å². The van der Waals surface area contributed by atoms with Crippen LogP contribution in [-0.4, -0.2) is 28.0 Å². The lowest BCUT2D eigenvalue weighted by molar-refractivity contribution is -0.137. The van der Waals surface area contributed by atoms with Gasteiger partial charge in [-0.1, -0.05) is 0 Å². The number of rotatable bonds is 6. The van der Waals surface area contributed by atoms with Crippen LogP contribution in [0.3, 0.4) is 0 Å². The summed E-state index contributed by atoms with van der Waals surface area (Å²) in [5.41, 5.74) is 0.711. The average molecular weight is 352 g/mol. The van der Waals surface area contributed by atoms with Crippen molar-refractivity contribution in [2.24, 2.45) is 0 Å². The van der Waals surface area contributed by atoms with Crippen LogP contribution >= 0.6 is 0 Å². The van der Waals surface area contributed by atoms with Crippen LogP contribution in [0.15, 0.2) is 30.6 Å². The Morgan fingerprint density at radius 1 is 1.12 bits per heavy atom. The van der Waals surface area contributed by atoms with E-state index in [1.54, 1.807) is 19.2 Å². The highest BCUT2D eigenvalue weighted by Gasteiger charge is 2.20. The summed E-state index contributed by atoms with van der Waals surface area (Å²) >= 11 is 0. The maximum absolute atomic E-state index is 13.8. The third kappa shape index (κ3) is 5.03. The molecule has 1 atom stereocenters. The molecular formula is C17H15F3N2O3. The summed E-state index contributed by atoms with van der Waals surface area (Å²) in [6, 6.07) is 1.58. The number of aliphatic carboxylic acids is 1. The van der Waals surface area contributed by atoms with E-state index in [1.807, 2.05) is 0 Å². The Morgan fingerprint density at radius 2 is 1.80 bits per heavy atom. The maximum Gasteiger partial charge on any atom is 0.305 e. The molecule has 0 aliphatic carbocycles. The fraction of sp³-hybridized carbons (Fsp3) is 0.235. The summed E-state index contributed by atoms with van der Waals surface area (Å²) < 4.78 is 40.0. The van der Waals surface area contributed by atoms with Crippen LogP contribution in [0.2, 0.25) is 0 Å². The number of amides is 1. The molecule has 5 nitrogen and oxygen atoms in total. The van der Waals surface area contributed by atoms with Gasteiger partial charge in [0.15, 0.2) is 11.6 Å². The summed E-state index contributed by atoms with van der Waals surface area (Å²) in [4.78, 5) is 27.1. The van der Waals surface area contributed by atoms with E-state index in [2.05, 4.69) is 10.3 Å². The summed E-state index contributed by atoms with van der Waals surface area (Å²) in [5, 5.41) is 11.4. The number of hydrogen-bond donors (Lipinski definition) is 2. The minimum atomic E-state index is -1.34. The van der Waals surface area contributed by atoms with Gasteiger partial charge in [-0.15, -0.1) is 0 Å². The van der Waals surface area contributed by atoms with E-state index >= 15 is 0 Å². The second-order valence-electron chi connectivity index (χ2n) is 5.58. The molecule has 0 aliphatic rings. The van der Waals surface area contributed by atoms with Crippen LogP contribution in [0.5, 0.6) is 0 Å². The lowest BCUT2D eigenvalue weighted by atomic mass is 10.0. The SMILES string of the molecule is Cc1cncc(C(=O)NC(CC(=O)O)Cc2cc(F)c(F)cc2F)c1. The number of carboxylic acids is 1. The fourth-order valence-corrected chi connectivity index (χ4v) is 2.32. The van der Waals surface area contributed by atoms with E-state index < -0.39 is 41.8 Å². The van der Waals surface area contributed by atoms with Crippen molar-refractivity contribution in [2.75, 3.05) is 0 Å². The largest absolute Gasteiger partial charge is 0.481 e. The molecular weight excluding hydrogens is 337 g/mol. The van der Waals surface area contributed by atoms with E-state index in [9.17, 15) is 22.8 Å². The number of hydrogen-bond acceptors (Lipinski definition) is 3.